The molecule has 0 aliphatic heterocycles. The highest BCUT2D eigenvalue weighted by Gasteiger charge is 2.28. The third-order valence-electron chi connectivity index (χ3n) is 7.01. The lowest BCUT2D eigenvalue weighted by Gasteiger charge is -2.33. The Balaban J connectivity index is 1.57. The van der Waals surface area contributed by atoms with Crippen molar-refractivity contribution in [2.24, 2.45) is 5.92 Å². The number of nitrogens with zero attached hydrogens (tertiary/aromatic N) is 3. The molecule has 1 saturated carbocycles. The first-order chi connectivity index (χ1) is 16.8. The van der Waals surface area contributed by atoms with Gasteiger partial charge in [0, 0.05) is 29.4 Å². The van der Waals surface area contributed by atoms with E-state index in [1.807, 2.05) is 26.1 Å². The number of carboxylic acid groups (broad SMARTS) is 1. The maximum atomic E-state index is 15.6. The lowest BCUT2D eigenvalue weighted by atomic mass is 9.85. The first-order valence-corrected chi connectivity index (χ1v) is 11.8. The molecule has 3 aromatic rings. The predicted molar refractivity (Wildman–Crippen MR) is 133 cm³/mol. The van der Waals surface area contributed by atoms with Crippen molar-refractivity contribution in [2.75, 3.05) is 19.9 Å². The second-order valence-electron chi connectivity index (χ2n) is 9.16. The summed E-state index contributed by atoms with van der Waals surface area (Å²) in [6.07, 6.45) is 4.56. The van der Waals surface area contributed by atoms with E-state index in [0.717, 1.165) is 24.0 Å². The number of methoxy groups -OCH3 is 1. The zero-order chi connectivity index (χ0) is 25.1. The number of benzene rings is 2. The van der Waals surface area contributed by atoms with Gasteiger partial charge in [0.1, 0.15) is 11.5 Å². The molecule has 3 N–H and O–H groups in total. The molecule has 35 heavy (non-hydrogen) atoms. The lowest BCUT2D eigenvalue weighted by Crippen LogP contribution is -2.36. The minimum absolute atomic E-state index is 0.255. The summed E-state index contributed by atoms with van der Waals surface area (Å²) in [5.74, 6) is -1.01. The van der Waals surface area contributed by atoms with Crippen LogP contribution in [0.15, 0.2) is 42.6 Å². The monoisotopic (exact) mass is 478 g/mol. The Bertz CT molecular complexity index is 1230. The molecule has 0 bridgehead atoms. The topological polar surface area (TPSA) is 102 Å². The van der Waals surface area contributed by atoms with Crippen molar-refractivity contribution in [3.8, 4) is 28.3 Å². The normalized spacial score (nSPS) is 18.0. The summed E-state index contributed by atoms with van der Waals surface area (Å²) in [6, 6.07) is 10.9. The van der Waals surface area contributed by atoms with E-state index in [9.17, 15) is 9.90 Å². The molecule has 2 aromatic carbocycles. The van der Waals surface area contributed by atoms with Crippen molar-refractivity contribution in [1.29, 1.82) is 0 Å². The molecule has 184 valence electrons. The van der Waals surface area contributed by atoms with Crippen LogP contribution in [0.1, 0.15) is 36.9 Å². The van der Waals surface area contributed by atoms with Gasteiger partial charge in [-0.2, -0.15) is 0 Å². The fourth-order valence-electron chi connectivity index (χ4n) is 4.81. The second kappa shape index (κ2) is 10.4. The smallest absolute Gasteiger partial charge is 0.306 e. The van der Waals surface area contributed by atoms with E-state index < -0.39 is 11.8 Å². The Morgan fingerprint density at radius 1 is 1.14 bits per heavy atom. The number of carbonyl (C=O) groups is 1. The van der Waals surface area contributed by atoms with Crippen molar-refractivity contribution in [1.82, 2.24) is 14.9 Å². The molecule has 0 atom stereocenters. The number of aliphatic carboxylic acids is 1. The van der Waals surface area contributed by atoms with Gasteiger partial charge in [-0.25, -0.2) is 9.37 Å². The maximum absolute atomic E-state index is 15.6. The maximum Gasteiger partial charge on any atom is 0.306 e. The van der Waals surface area contributed by atoms with Gasteiger partial charge in [0.2, 0.25) is 5.88 Å². The van der Waals surface area contributed by atoms with E-state index in [-0.39, 0.29) is 12.0 Å². The third-order valence-corrected chi connectivity index (χ3v) is 7.01. The van der Waals surface area contributed by atoms with Crippen LogP contribution >= 0.6 is 0 Å². The summed E-state index contributed by atoms with van der Waals surface area (Å²) in [5.41, 5.74) is 10.0. The quantitative estimate of drug-likeness (QED) is 0.465. The van der Waals surface area contributed by atoms with Gasteiger partial charge < -0.3 is 15.6 Å². The molecular weight excluding hydrogens is 447 g/mol. The third kappa shape index (κ3) is 5.12. The molecule has 0 unspecified atom stereocenters. The molecule has 0 spiro atoms. The van der Waals surface area contributed by atoms with Crippen LogP contribution < -0.4 is 10.5 Å². The highest BCUT2D eigenvalue weighted by Crippen LogP contribution is 2.34. The molecule has 1 aliphatic carbocycles. The van der Waals surface area contributed by atoms with Gasteiger partial charge in [-0.15, -0.1) is 0 Å². The van der Waals surface area contributed by atoms with Crippen molar-refractivity contribution in [3.05, 3.63) is 59.7 Å². The number of nitrogens with two attached hydrogens (primary N) is 1. The molecule has 8 heteroatoms. The van der Waals surface area contributed by atoms with Crippen LogP contribution in [-0.2, 0) is 11.3 Å². The minimum atomic E-state index is -0.712. The van der Waals surface area contributed by atoms with Crippen molar-refractivity contribution in [3.63, 3.8) is 0 Å². The van der Waals surface area contributed by atoms with E-state index in [2.05, 4.69) is 14.9 Å². The zero-order valence-corrected chi connectivity index (χ0v) is 20.3. The number of hydrogen-bond acceptors (Lipinski definition) is 6. The largest absolute Gasteiger partial charge is 0.481 e. The summed E-state index contributed by atoms with van der Waals surface area (Å²) < 4.78 is 21.2. The van der Waals surface area contributed by atoms with Gasteiger partial charge in [-0.1, -0.05) is 24.3 Å². The summed E-state index contributed by atoms with van der Waals surface area (Å²) in [7, 11) is 3.52. The number of carboxylic acids is 1. The van der Waals surface area contributed by atoms with Crippen molar-refractivity contribution >= 4 is 11.7 Å². The summed E-state index contributed by atoms with van der Waals surface area (Å²) in [5, 5.41) is 9.23. The fraction of sp³-hybridized carbons (Fsp3) is 0.370. The molecule has 4 rings (SSSR count). The average molecular weight is 479 g/mol. The van der Waals surface area contributed by atoms with E-state index in [0.29, 0.717) is 53.5 Å². The first kappa shape index (κ1) is 24.6. The predicted octanol–water partition coefficient (Wildman–Crippen LogP) is 4.92. The molecule has 1 aromatic heterocycles. The molecule has 0 radical (unpaired) electrons. The van der Waals surface area contributed by atoms with E-state index >= 15 is 4.39 Å². The Kier molecular flexibility index (Phi) is 7.31. The minimum Gasteiger partial charge on any atom is -0.481 e. The first-order valence-electron chi connectivity index (χ1n) is 11.8. The Morgan fingerprint density at radius 2 is 1.80 bits per heavy atom. The van der Waals surface area contributed by atoms with Crippen LogP contribution in [-0.4, -0.2) is 46.1 Å². The molecular formula is C27H31FN4O3. The number of anilines is 1. The standard InChI is InChI=1S/C27H31FN4O3/c1-16-19(6-5-9-22(16)29)20-7-4-8-21(25(20)28)23-14-30-24(26(31-23)35-3)15-32(2)18-12-10-17(11-13-18)27(33)34/h4-9,14,17-18H,10-13,15,29H2,1-3H3,(H,33,34). The highest BCUT2D eigenvalue weighted by atomic mass is 19.1. The van der Waals surface area contributed by atoms with Crippen LogP contribution in [0.2, 0.25) is 0 Å². The van der Waals surface area contributed by atoms with Gasteiger partial charge in [0.05, 0.1) is 24.9 Å². The van der Waals surface area contributed by atoms with Crippen molar-refractivity contribution < 1.29 is 19.0 Å². The van der Waals surface area contributed by atoms with Crippen LogP contribution in [0.5, 0.6) is 5.88 Å². The molecule has 0 amide bonds. The molecule has 1 aliphatic rings. The molecule has 0 saturated heterocycles. The Labute approximate surface area is 204 Å². The van der Waals surface area contributed by atoms with Gasteiger partial charge in [0.25, 0.3) is 0 Å². The summed E-state index contributed by atoms with van der Waals surface area (Å²) >= 11 is 0. The van der Waals surface area contributed by atoms with Gasteiger partial charge in [-0.3, -0.25) is 14.7 Å². The van der Waals surface area contributed by atoms with E-state index in [4.69, 9.17) is 10.5 Å². The number of aromatic nitrogens is 2. The Hall–Kier alpha value is -3.52. The second-order valence-corrected chi connectivity index (χ2v) is 9.16. The number of ether oxygens (including phenoxy) is 1. The zero-order valence-electron chi connectivity index (χ0n) is 20.3. The lowest BCUT2D eigenvalue weighted by molar-refractivity contribution is -0.143. The van der Waals surface area contributed by atoms with E-state index in [1.54, 1.807) is 30.5 Å². The number of rotatable bonds is 7. The van der Waals surface area contributed by atoms with Crippen molar-refractivity contribution in [2.45, 2.75) is 45.2 Å². The van der Waals surface area contributed by atoms with Crippen LogP contribution in [0, 0.1) is 18.7 Å². The van der Waals surface area contributed by atoms with Gasteiger partial charge in [-0.05, 0) is 62.9 Å². The van der Waals surface area contributed by atoms with Crippen LogP contribution in [0.25, 0.3) is 22.4 Å². The number of halogens is 1. The molecule has 1 heterocycles. The Morgan fingerprint density at radius 3 is 2.49 bits per heavy atom. The fourth-order valence-corrected chi connectivity index (χ4v) is 4.81. The summed E-state index contributed by atoms with van der Waals surface area (Å²) in [6.45, 7) is 2.38. The highest BCUT2D eigenvalue weighted by molar-refractivity contribution is 5.77. The molecule has 1 fully saturated rings. The summed E-state index contributed by atoms with van der Waals surface area (Å²) in [4.78, 5) is 22.5. The van der Waals surface area contributed by atoms with Gasteiger partial charge >= 0.3 is 5.97 Å². The van der Waals surface area contributed by atoms with Crippen LogP contribution in [0.3, 0.4) is 0 Å². The average Bonchev–Trinajstić information content (AvgIpc) is 2.86. The number of nitrogen functional groups attached to an aromatic ring is 1. The molecule has 7 nitrogen and oxygen atoms in total. The van der Waals surface area contributed by atoms with Gasteiger partial charge in [0.15, 0.2) is 0 Å². The van der Waals surface area contributed by atoms with Crippen LogP contribution in [0.4, 0.5) is 10.1 Å². The SMILES string of the molecule is COc1nc(-c2cccc(-c3cccc(N)c3C)c2F)cnc1CN(C)C1CCC(C(=O)O)CC1. The van der Waals surface area contributed by atoms with E-state index in [1.165, 1.54) is 7.11 Å². The number of hydrogen-bond donors (Lipinski definition) is 2.